The number of aliphatic imine (C=N–C) groups is 1. The second kappa shape index (κ2) is 5.42. The molecule has 2 N–H and O–H groups in total. The van der Waals surface area contributed by atoms with Crippen LogP contribution < -0.4 is 5.73 Å². The molecule has 5 heteroatoms. The van der Waals surface area contributed by atoms with E-state index in [0.29, 0.717) is 11.7 Å². The van der Waals surface area contributed by atoms with Crippen molar-refractivity contribution in [3.8, 4) is 0 Å². The molecule has 1 aromatic carbocycles. The Bertz CT molecular complexity index is 553. The predicted molar refractivity (Wildman–Crippen MR) is 76.5 cm³/mol. The van der Waals surface area contributed by atoms with Gasteiger partial charge in [0.2, 0.25) is 0 Å². The van der Waals surface area contributed by atoms with E-state index in [1.54, 1.807) is 6.20 Å². The van der Waals surface area contributed by atoms with Gasteiger partial charge < -0.3 is 5.73 Å². The quantitative estimate of drug-likeness (QED) is 0.661. The van der Waals surface area contributed by atoms with Crippen LogP contribution in [-0.4, -0.2) is 10.8 Å². The molecule has 0 saturated carbocycles. The molecule has 0 saturated heterocycles. The average molecular weight is 355 g/mol. The Morgan fingerprint density at radius 3 is 2.53 bits per heavy atom. The zero-order chi connectivity index (χ0) is 12.3. The molecule has 0 fully saturated rings. The second-order valence-corrected chi connectivity index (χ2v) is 5.09. The molecular weight excluding hydrogens is 346 g/mol. The van der Waals surface area contributed by atoms with E-state index in [1.165, 1.54) is 0 Å². The summed E-state index contributed by atoms with van der Waals surface area (Å²) < 4.78 is 1.69. The van der Waals surface area contributed by atoms with Crippen molar-refractivity contribution >= 4 is 43.5 Å². The number of halogens is 2. The number of hydrogen-bond acceptors (Lipinski definition) is 2. The number of benzene rings is 1. The minimum absolute atomic E-state index is 0.445. The lowest BCUT2D eigenvalue weighted by atomic mass is 10.2. The Labute approximate surface area is 116 Å². The van der Waals surface area contributed by atoms with Crippen molar-refractivity contribution in [3.63, 3.8) is 0 Å². The zero-order valence-electron chi connectivity index (χ0n) is 8.77. The number of pyridine rings is 1. The number of aromatic nitrogens is 1. The lowest BCUT2D eigenvalue weighted by Gasteiger charge is -2.02. The van der Waals surface area contributed by atoms with Crippen LogP contribution in [0.15, 0.2) is 56.5 Å². The van der Waals surface area contributed by atoms with Crippen LogP contribution in [0.3, 0.4) is 0 Å². The zero-order valence-corrected chi connectivity index (χ0v) is 11.9. The topological polar surface area (TPSA) is 51.3 Å². The van der Waals surface area contributed by atoms with Gasteiger partial charge in [-0.25, -0.2) is 9.98 Å². The van der Waals surface area contributed by atoms with Crippen molar-refractivity contribution in [2.45, 2.75) is 0 Å². The third kappa shape index (κ3) is 3.14. The molecule has 0 aliphatic rings. The van der Waals surface area contributed by atoms with E-state index in [0.717, 1.165) is 14.5 Å². The smallest absolute Gasteiger partial charge is 0.168 e. The van der Waals surface area contributed by atoms with E-state index < -0.39 is 0 Å². The summed E-state index contributed by atoms with van der Waals surface area (Å²) in [5, 5.41) is 0. The minimum Gasteiger partial charge on any atom is -0.383 e. The van der Waals surface area contributed by atoms with Gasteiger partial charge in [0.1, 0.15) is 5.84 Å². The summed E-state index contributed by atoms with van der Waals surface area (Å²) in [5.74, 6) is 1.01. The maximum atomic E-state index is 5.91. The van der Waals surface area contributed by atoms with E-state index in [-0.39, 0.29) is 0 Å². The highest BCUT2D eigenvalue weighted by Gasteiger charge is 2.03. The molecule has 86 valence electrons. The van der Waals surface area contributed by atoms with Crippen LogP contribution in [0.4, 0.5) is 5.82 Å². The average Bonchev–Trinajstić information content (AvgIpc) is 2.34. The van der Waals surface area contributed by atoms with Crippen LogP contribution >= 0.6 is 31.9 Å². The molecule has 2 rings (SSSR count). The highest BCUT2D eigenvalue weighted by Crippen LogP contribution is 2.25. The van der Waals surface area contributed by atoms with Gasteiger partial charge in [-0.1, -0.05) is 30.3 Å². The summed E-state index contributed by atoms with van der Waals surface area (Å²) >= 11 is 6.73. The highest BCUT2D eigenvalue weighted by atomic mass is 79.9. The van der Waals surface area contributed by atoms with Gasteiger partial charge in [0, 0.05) is 16.2 Å². The Balaban J connectivity index is 2.36. The van der Waals surface area contributed by atoms with Gasteiger partial charge in [-0.15, -0.1) is 0 Å². The third-order valence-corrected chi connectivity index (χ3v) is 3.10. The number of rotatable bonds is 2. The van der Waals surface area contributed by atoms with Crippen LogP contribution in [0.5, 0.6) is 0 Å². The van der Waals surface area contributed by atoms with Crippen LogP contribution in [0.25, 0.3) is 0 Å². The highest BCUT2D eigenvalue weighted by molar-refractivity contribution is 9.11. The minimum atomic E-state index is 0.445. The van der Waals surface area contributed by atoms with Crippen molar-refractivity contribution in [3.05, 3.63) is 57.1 Å². The molecule has 1 heterocycles. The molecule has 17 heavy (non-hydrogen) atoms. The first-order valence-corrected chi connectivity index (χ1v) is 6.46. The van der Waals surface area contributed by atoms with Crippen molar-refractivity contribution in [2.75, 3.05) is 0 Å². The van der Waals surface area contributed by atoms with Crippen molar-refractivity contribution in [2.24, 2.45) is 10.7 Å². The predicted octanol–water partition coefficient (Wildman–Crippen LogP) is 3.64. The summed E-state index contributed by atoms with van der Waals surface area (Å²) in [6.45, 7) is 0. The molecule has 2 aromatic rings. The second-order valence-electron chi connectivity index (χ2n) is 3.32. The van der Waals surface area contributed by atoms with Gasteiger partial charge in [-0.05, 0) is 37.9 Å². The number of hydrogen-bond donors (Lipinski definition) is 1. The summed E-state index contributed by atoms with van der Waals surface area (Å²) in [6, 6.07) is 11.5. The first-order valence-electron chi connectivity index (χ1n) is 4.87. The van der Waals surface area contributed by atoms with Crippen LogP contribution in [0.2, 0.25) is 0 Å². The fourth-order valence-corrected chi connectivity index (χ4v) is 2.35. The maximum Gasteiger partial charge on any atom is 0.168 e. The Kier molecular flexibility index (Phi) is 3.91. The van der Waals surface area contributed by atoms with Crippen molar-refractivity contribution < 1.29 is 0 Å². The van der Waals surface area contributed by atoms with E-state index >= 15 is 0 Å². The van der Waals surface area contributed by atoms with E-state index in [4.69, 9.17) is 5.73 Å². The molecule has 0 bridgehead atoms. The van der Waals surface area contributed by atoms with Gasteiger partial charge >= 0.3 is 0 Å². The van der Waals surface area contributed by atoms with E-state index in [1.807, 2.05) is 36.4 Å². The standard InChI is InChI=1S/C12H9Br2N3/c13-9-6-10(14)12(16-7-9)17-11(15)8-4-2-1-3-5-8/h1-7H,(H2,15,16,17). The van der Waals surface area contributed by atoms with E-state index in [9.17, 15) is 0 Å². The van der Waals surface area contributed by atoms with Crippen molar-refractivity contribution in [1.82, 2.24) is 4.98 Å². The fourth-order valence-electron chi connectivity index (χ4n) is 1.28. The molecule has 0 unspecified atom stereocenters. The lowest BCUT2D eigenvalue weighted by molar-refractivity contribution is 1.23. The largest absolute Gasteiger partial charge is 0.383 e. The summed E-state index contributed by atoms with van der Waals surface area (Å²) in [7, 11) is 0. The van der Waals surface area contributed by atoms with Gasteiger partial charge in [0.15, 0.2) is 5.82 Å². The molecular formula is C12H9Br2N3. The first kappa shape index (κ1) is 12.3. The maximum absolute atomic E-state index is 5.91. The van der Waals surface area contributed by atoms with Crippen molar-refractivity contribution in [1.29, 1.82) is 0 Å². The van der Waals surface area contributed by atoms with E-state index in [2.05, 4.69) is 41.8 Å². The Morgan fingerprint density at radius 1 is 1.18 bits per heavy atom. The van der Waals surface area contributed by atoms with Gasteiger partial charge in [-0.3, -0.25) is 0 Å². The van der Waals surface area contributed by atoms with Gasteiger partial charge in [0.25, 0.3) is 0 Å². The number of nitrogens with zero attached hydrogens (tertiary/aromatic N) is 2. The molecule has 3 nitrogen and oxygen atoms in total. The lowest BCUT2D eigenvalue weighted by Crippen LogP contribution is -2.12. The Hall–Kier alpha value is -1.20. The summed E-state index contributed by atoms with van der Waals surface area (Å²) in [6.07, 6.45) is 1.68. The molecule has 1 aromatic heterocycles. The number of amidine groups is 1. The van der Waals surface area contributed by atoms with Crippen LogP contribution in [0, 0.1) is 0 Å². The molecule has 0 atom stereocenters. The summed E-state index contributed by atoms with van der Waals surface area (Å²) in [4.78, 5) is 8.47. The van der Waals surface area contributed by atoms with Crippen LogP contribution in [0.1, 0.15) is 5.56 Å². The molecule has 0 aliphatic carbocycles. The number of nitrogens with two attached hydrogens (primary N) is 1. The third-order valence-electron chi connectivity index (χ3n) is 2.08. The molecule has 0 amide bonds. The molecule has 0 aliphatic heterocycles. The van der Waals surface area contributed by atoms with Gasteiger partial charge in [-0.2, -0.15) is 0 Å². The monoisotopic (exact) mass is 353 g/mol. The summed E-state index contributed by atoms with van der Waals surface area (Å²) in [5.41, 5.74) is 6.79. The first-order chi connectivity index (χ1) is 8.16. The Morgan fingerprint density at radius 2 is 1.88 bits per heavy atom. The van der Waals surface area contributed by atoms with Gasteiger partial charge in [0.05, 0.1) is 4.47 Å². The molecule has 0 spiro atoms. The van der Waals surface area contributed by atoms with Crippen LogP contribution in [-0.2, 0) is 0 Å². The normalized spacial score (nSPS) is 11.5. The SMILES string of the molecule is N/C(=N/c1ncc(Br)cc1Br)c1ccccc1. The fraction of sp³-hybridized carbons (Fsp3) is 0. The molecule has 0 radical (unpaired) electrons.